The van der Waals surface area contributed by atoms with Gasteiger partial charge in [0.1, 0.15) is 0 Å². The Hall–Kier alpha value is -0.980. The van der Waals surface area contributed by atoms with Gasteiger partial charge >= 0.3 is 0 Å². The van der Waals surface area contributed by atoms with Crippen molar-refractivity contribution in [2.45, 2.75) is 28.9 Å². The van der Waals surface area contributed by atoms with Gasteiger partial charge in [-0.2, -0.15) is 0 Å². The van der Waals surface area contributed by atoms with Crippen LogP contribution in [0, 0.1) is 0 Å². The fourth-order valence-corrected chi connectivity index (χ4v) is 2.63. The maximum atomic E-state index is 5.70. The van der Waals surface area contributed by atoms with Crippen LogP contribution >= 0.6 is 23.1 Å². The van der Waals surface area contributed by atoms with Crippen molar-refractivity contribution in [1.29, 1.82) is 0 Å². The van der Waals surface area contributed by atoms with Gasteiger partial charge in [0.15, 0.2) is 9.50 Å². The van der Waals surface area contributed by atoms with Gasteiger partial charge in [0.05, 0.1) is 0 Å². The minimum absolute atomic E-state index is 0.140. The van der Waals surface area contributed by atoms with Crippen LogP contribution in [-0.4, -0.2) is 21.0 Å². The summed E-state index contributed by atoms with van der Waals surface area (Å²) in [5.74, 6) is 0. The molecule has 0 radical (unpaired) electrons. The zero-order valence-corrected chi connectivity index (χ0v) is 10.5. The van der Waals surface area contributed by atoms with E-state index in [1.807, 2.05) is 24.7 Å². The van der Waals surface area contributed by atoms with E-state index in [1.165, 1.54) is 11.8 Å². The van der Waals surface area contributed by atoms with E-state index in [0.717, 1.165) is 21.5 Å². The Bertz CT molecular complexity index is 425. The minimum atomic E-state index is 0.140. The number of nitrogens with zero attached hydrogens (tertiary/aromatic N) is 3. The Morgan fingerprint density at radius 3 is 2.69 bits per heavy atom. The summed E-state index contributed by atoms with van der Waals surface area (Å²) in [7, 11) is 0. The molecule has 0 spiro atoms. The first-order valence-corrected chi connectivity index (χ1v) is 6.57. The van der Waals surface area contributed by atoms with Crippen LogP contribution in [0.2, 0.25) is 0 Å². The standard InChI is InChI=1S/C10H12N4S2/c1-7(11)4-8-5-13-9(14-6-8)16-10-12-2-3-15-10/h2-3,5-7H,4,11H2,1H3. The molecule has 0 bridgehead atoms. The molecule has 6 heteroatoms. The molecule has 2 N–H and O–H groups in total. The molecular formula is C10H12N4S2. The van der Waals surface area contributed by atoms with Gasteiger partial charge in [-0.1, -0.05) is 0 Å². The highest BCUT2D eigenvalue weighted by Gasteiger charge is 2.04. The van der Waals surface area contributed by atoms with Crippen LogP contribution in [0.5, 0.6) is 0 Å². The van der Waals surface area contributed by atoms with E-state index in [-0.39, 0.29) is 6.04 Å². The quantitative estimate of drug-likeness (QED) is 0.843. The molecule has 2 aromatic heterocycles. The summed E-state index contributed by atoms with van der Waals surface area (Å²) in [5, 5.41) is 2.66. The van der Waals surface area contributed by atoms with Gasteiger partial charge in [-0.3, -0.25) is 0 Å². The molecule has 0 fully saturated rings. The van der Waals surface area contributed by atoms with Crippen LogP contribution in [0.25, 0.3) is 0 Å². The zero-order chi connectivity index (χ0) is 11.4. The van der Waals surface area contributed by atoms with Crippen molar-refractivity contribution < 1.29 is 0 Å². The molecule has 16 heavy (non-hydrogen) atoms. The number of rotatable bonds is 4. The van der Waals surface area contributed by atoms with Crippen molar-refractivity contribution in [2.24, 2.45) is 5.73 Å². The van der Waals surface area contributed by atoms with E-state index < -0.39 is 0 Å². The summed E-state index contributed by atoms with van der Waals surface area (Å²) in [6, 6.07) is 0.140. The van der Waals surface area contributed by atoms with Crippen LogP contribution in [0.3, 0.4) is 0 Å². The Morgan fingerprint density at radius 1 is 1.38 bits per heavy atom. The lowest BCUT2D eigenvalue weighted by atomic mass is 10.1. The molecule has 1 atom stereocenters. The topological polar surface area (TPSA) is 64.7 Å². The number of thiazole rings is 1. The van der Waals surface area contributed by atoms with E-state index in [9.17, 15) is 0 Å². The summed E-state index contributed by atoms with van der Waals surface area (Å²) < 4.78 is 0.958. The van der Waals surface area contributed by atoms with Gasteiger partial charge in [0.25, 0.3) is 0 Å². The van der Waals surface area contributed by atoms with Crippen molar-refractivity contribution in [2.75, 3.05) is 0 Å². The molecule has 4 nitrogen and oxygen atoms in total. The maximum absolute atomic E-state index is 5.70. The van der Waals surface area contributed by atoms with Crippen molar-refractivity contribution in [3.05, 3.63) is 29.5 Å². The van der Waals surface area contributed by atoms with E-state index in [0.29, 0.717) is 0 Å². The Morgan fingerprint density at radius 2 is 2.12 bits per heavy atom. The van der Waals surface area contributed by atoms with E-state index in [1.54, 1.807) is 17.5 Å². The van der Waals surface area contributed by atoms with Crippen molar-refractivity contribution >= 4 is 23.1 Å². The van der Waals surface area contributed by atoms with Gasteiger partial charge in [-0.25, -0.2) is 15.0 Å². The first-order chi connectivity index (χ1) is 7.74. The average molecular weight is 252 g/mol. The fraction of sp³-hybridized carbons (Fsp3) is 0.300. The third-order valence-electron chi connectivity index (χ3n) is 1.83. The maximum Gasteiger partial charge on any atom is 0.194 e. The second-order valence-corrected chi connectivity index (χ2v) is 5.56. The number of aromatic nitrogens is 3. The lowest BCUT2D eigenvalue weighted by molar-refractivity contribution is 0.727. The third kappa shape index (κ3) is 3.26. The van der Waals surface area contributed by atoms with Gasteiger partial charge < -0.3 is 5.73 Å². The monoisotopic (exact) mass is 252 g/mol. The molecule has 0 aliphatic heterocycles. The average Bonchev–Trinajstić information content (AvgIpc) is 2.73. The van der Waals surface area contributed by atoms with Crippen LogP contribution in [-0.2, 0) is 6.42 Å². The van der Waals surface area contributed by atoms with Crippen LogP contribution < -0.4 is 5.73 Å². The highest BCUT2D eigenvalue weighted by molar-refractivity contribution is 8.00. The second-order valence-electron chi connectivity index (χ2n) is 3.46. The fourth-order valence-electron chi connectivity index (χ4n) is 1.21. The molecule has 0 aliphatic rings. The van der Waals surface area contributed by atoms with Crippen LogP contribution in [0.1, 0.15) is 12.5 Å². The van der Waals surface area contributed by atoms with Crippen molar-refractivity contribution in [3.63, 3.8) is 0 Å². The molecule has 1 unspecified atom stereocenters. The SMILES string of the molecule is CC(N)Cc1cnc(Sc2nccs2)nc1. The van der Waals surface area contributed by atoms with Crippen LogP contribution in [0.15, 0.2) is 33.5 Å². The number of nitrogens with two attached hydrogens (primary N) is 1. The summed E-state index contributed by atoms with van der Waals surface area (Å²) in [6.45, 7) is 1.97. The van der Waals surface area contributed by atoms with Gasteiger partial charge in [-0.05, 0) is 30.7 Å². The first-order valence-electron chi connectivity index (χ1n) is 4.88. The molecule has 0 saturated heterocycles. The Labute approximate surface area is 102 Å². The molecular weight excluding hydrogens is 240 g/mol. The largest absolute Gasteiger partial charge is 0.328 e. The highest BCUT2D eigenvalue weighted by atomic mass is 32.2. The molecule has 0 aliphatic carbocycles. The molecule has 0 aromatic carbocycles. The van der Waals surface area contributed by atoms with E-state index >= 15 is 0 Å². The Balaban J connectivity index is 2.02. The lowest BCUT2D eigenvalue weighted by Crippen LogP contribution is -2.17. The first kappa shape index (κ1) is 11.5. The summed E-state index contributed by atoms with van der Waals surface area (Å²) in [5.41, 5.74) is 6.77. The summed E-state index contributed by atoms with van der Waals surface area (Å²) in [4.78, 5) is 12.7. The normalized spacial score (nSPS) is 12.6. The summed E-state index contributed by atoms with van der Waals surface area (Å²) in [6.07, 6.45) is 6.23. The molecule has 0 amide bonds. The molecule has 2 rings (SSSR count). The third-order valence-corrected chi connectivity index (χ3v) is 3.60. The second kappa shape index (κ2) is 5.38. The van der Waals surface area contributed by atoms with Gasteiger partial charge in [0.2, 0.25) is 0 Å². The smallest absolute Gasteiger partial charge is 0.194 e. The van der Waals surface area contributed by atoms with E-state index in [2.05, 4.69) is 15.0 Å². The highest BCUT2D eigenvalue weighted by Crippen LogP contribution is 2.25. The van der Waals surface area contributed by atoms with Crippen molar-refractivity contribution in [1.82, 2.24) is 15.0 Å². The number of hydrogen-bond donors (Lipinski definition) is 1. The van der Waals surface area contributed by atoms with Crippen LogP contribution in [0.4, 0.5) is 0 Å². The van der Waals surface area contributed by atoms with Crippen molar-refractivity contribution in [3.8, 4) is 0 Å². The molecule has 2 heterocycles. The van der Waals surface area contributed by atoms with Gasteiger partial charge in [-0.15, -0.1) is 11.3 Å². The predicted octanol–water partition coefficient (Wildman–Crippen LogP) is 1.97. The minimum Gasteiger partial charge on any atom is -0.328 e. The van der Waals surface area contributed by atoms with Gasteiger partial charge in [0, 0.05) is 30.0 Å². The molecule has 84 valence electrons. The van der Waals surface area contributed by atoms with E-state index in [4.69, 9.17) is 5.73 Å². The Kier molecular flexibility index (Phi) is 3.87. The lowest BCUT2D eigenvalue weighted by Gasteiger charge is -2.04. The molecule has 2 aromatic rings. The number of hydrogen-bond acceptors (Lipinski definition) is 6. The predicted molar refractivity (Wildman–Crippen MR) is 65.6 cm³/mol. The zero-order valence-electron chi connectivity index (χ0n) is 8.83. The molecule has 0 saturated carbocycles. The summed E-state index contributed by atoms with van der Waals surface area (Å²) >= 11 is 3.06.